The van der Waals surface area contributed by atoms with Crippen LogP contribution in [0, 0.1) is 12.3 Å². The molecular formula is C21H26N4O3. The van der Waals surface area contributed by atoms with Crippen molar-refractivity contribution in [3.05, 3.63) is 47.8 Å². The molecule has 2 aromatic rings. The van der Waals surface area contributed by atoms with Crippen molar-refractivity contribution in [3.63, 3.8) is 0 Å². The van der Waals surface area contributed by atoms with Crippen LogP contribution in [0.25, 0.3) is 0 Å². The van der Waals surface area contributed by atoms with Gasteiger partial charge in [-0.3, -0.25) is 14.3 Å². The summed E-state index contributed by atoms with van der Waals surface area (Å²) in [6.45, 7) is 7.05. The smallest absolute Gasteiger partial charge is 0.257 e. The number of aromatic nitrogens is 2. The molecule has 1 unspecified atom stereocenters. The Kier molecular flexibility index (Phi) is 4.93. The van der Waals surface area contributed by atoms with Crippen LogP contribution < -0.4 is 4.90 Å². The summed E-state index contributed by atoms with van der Waals surface area (Å²) in [5, 5.41) is 4.30. The number of rotatable bonds is 3. The van der Waals surface area contributed by atoms with Gasteiger partial charge in [-0.05, 0) is 32.4 Å². The fourth-order valence-electron chi connectivity index (χ4n) is 4.25. The SMILES string of the molecule is CCn1ncc(C(=O)N2CCC3(COCC(=O)N(c4ccccc4)C3)C2)c1C. The van der Waals surface area contributed by atoms with E-state index in [1.165, 1.54) is 0 Å². The van der Waals surface area contributed by atoms with E-state index in [-0.39, 0.29) is 23.8 Å². The number of benzene rings is 1. The van der Waals surface area contributed by atoms with Crippen molar-refractivity contribution in [3.8, 4) is 0 Å². The highest BCUT2D eigenvalue weighted by Gasteiger charge is 2.44. The van der Waals surface area contributed by atoms with Crippen LogP contribution in [0.15, 0.2) is 36.5 Å². The number of likely N-dealkylation sites (tertiary alicyclic amines) is 1. The quantitative estimate of drug-likeness (QED) is 0.815. The monoisotopic (exact) mass is 382 g/mol. The molecule has 2 saturated heterocycles. The molecule has 1 aromatic carbocycles. The number of para-hydroxylation sites is 1. The predicted octanol–water partition coefficient (Wildman–Crippen LogP) is 2.11. The lowest BCUT2D eigenvalue weighted by Crippen LogP contribution is -2.43. The van der Waals surface area contributed by atoms with Crippen molar-refractivity contribution < 1.29 is 14.3 Å². The Balaban J connectivity index is 1.54. The molecule has 0 saturated carbocycles. The molecule has 3 heterocycles. The molecular weight excluding hydrogens is 356 g/mol. The third-order valence-corrected chi connectivity index (χ3v) is 5.85. The molecule has 2 fully saturated rings. The molecule has 1 atom stereocenters. The van der Waals surface area contributed by atoms with Crippen molar-refractivity contribution >= 4 is 17.5 Å². The molecule has 0 bridgehead atoms. The third-order valence-electron chi connectivity index (χ3n) is 5.85. The number of nitrogens with zero attached hydrogens (tertiary/aromatic N) is 4. The van der Waals surface area contributed by atoms with Gasteiger partial charge in [0.2, 0.25) is 0 Å². The normalized spacial score (nSPS) is 22.7. The van der Waals surface area contributed by atoms with E-state index in [4.69, 9.17) is 4.74 Å². The topological polar surface area (TPSA) is 67.7 Å². The van der Waals surface area contributed by atoms with Gasteiger partial charge in [0.15, 0.2) is 0 Å². The summed E-state index contributed by atoms with van der Waals surface area (Å²) in [5.74, 6) is -0.0242. The zero-order chi connectivity index (χ0) is 19.7. The van der Waals surface area contributed by atoms with Gasteiger partial charge < -0.3 is 14.5 Å². The van der Waals surface area contributed by atoms with Crippen LogP contribution in [-0.4, -0.2) is 59.3 Å². The summed E-state index contributed by atoms with van der Waals surface area (Å²) in [6.07, 6.45) is 2.48. The Morgan fingerprint density at radius 2 is 2.04 bits per heavy atom. The maximum Gasteiger partial charge on any atom is 0.257 e. The van der Waals surface area contributed by atoms with Gasteiger partial charge in [0.05, 0.1) is 18.4 Å². The molecule has 1 aromatic heterocycles. The van der Waals surface area contributed by atoms with E-state index in [9.17, 15) is 9.59 Å². The minimum Gasteiger partial charge on any atom is -0.371 e. The minimum atomic E-state index is -0.244. The summed E-state index contributed by atoms with van der Waals surface area (Å²) in [5.41, 5.74) is 2.19. The molecule has 2 aliphatic heterocycles. The Hall–Kier alpha value is -2.67. The molecule has 2 amide bonds. The van der Waals surface area contributed by atoms with Gasteiger partial charge in [-0.2, -0.15) is 5.10 Å². The Labute approximate surface area is 164 Å². The number of amides is 2. The van der Waals surface area contributed by atoms with E-state index in [0.29, 0.717) is 31.8 Å². The Morgan fingerprint density at radius 3 is 2.75 bits per heavy atom. The largest absolute Gasteiger partial charge is 0.371 e. The number of ether oxygens (including phenoxy) is 1. The van der Waals surface area contributed by atoms with Crippen molar-refractivity contribution in [2.24, 2.45) is 5.41 Å². The van der Waals surface area contributed by atoms with Crippen LogP contribution in [-0.2, 0) is 16.1 Å². The van der Waals surface area contributed by atoms with Gasteiger partial charge in [-0.1, -0.05) is 18.2 Å². The lowest BCUT2D eigenvalue weighted by molar-refractivity contribution is -0.122. The fourth-order valence-corrected chi connectivity index (χ4v) is 4.25. The van der Waals surface area contributed by atoms with Gasteiger partial charge in [0, 0.05) is 43.0 Å². The lowest BCUT2D eigenvalue weighted by Gasteiger charge is -2.31. The van der Waals surface area contributed by atoms with Gasteiger partial charge in [-0.15, -0.1) is 0 Å². The van der Waals surface area contributed by atoms with Gasteiger partial charge in [0.1, 0.15) is 6.61 Å². The molecule has 148 valence electrons. The van der Waals surface area contributed by atoms with Crippen LogP contribution in [0.3, 0.4) is 0 Å². The summed E-state index contributed by atoms with van der Waals surface area (Å²) < 4.78 is 7.57. The number of hydrogen-bond acceptors (Lipinski definition) is 4. The van der Waals surface area contributed by atoms with Crippen LogP contribution in [0.1, 0.15) is 29.4 Å². The van der Waals surface area contributed by atoms with Crippen molar-refractivity contribution in [1.29, 1.82) is 0 Å². The highest BCUT2D eigenvalue weighted by molar-refractivity contribution is 5.96. The van der Waals surface area contributed by atoms with Gasteiger partial charge in [-0.25, -0.2) is 0 Å². The zero-order valence-corrected chi connectivity index (χ0v) is 16.4. The van der Waals surface area contributed by atoms with Crippen molar-refractivity contribution in [2.75, 3.05) is 37.7 Å². The molecule has 1 spiro atoms. The van der Waals surface area contributed by atoms with Crippen LogP contribution in [0.5, 0.6) is 0 Å². The standard InChI is InChI=1S/C21H26N4O3/c1-3-25-16(2)18(11-22-25)20(27)23-10-9-21(13-23)14-24(19(26)12-28-15-21)17-7-5-4-6-8-17/h4-8,11H,3,9-10,12-15H2,1-2H3. The van der Waals surface area contributed by atoms with E-state index in [0.717, 1.165) is 24.3 Å². The first-order valence-electron chi connectivity index (χ1n) is 9.78. The molecule has 7 heteroatoms. The average molecular weight is 382 g/mol. The fraction of sp³-hybridized carbons (Fsp3) is 0.476. The second-order valence-electron chi connectivity index (χ2n) is 7.74. The Bertz CT molecular complexity index is 879. The van der Waals surface area contributed by atoms with E-state index in [1.807, 2.05) is 53.8 Å². The van der Waals surface area contributed by atoms with Gasteiger partial charge in [0.25, 0.3) is 11.8 Å². The first-order chi connectivity index (χ1) is 13.5. The number of carbonyl (C=O) groups excluding carboxylic acids is 2. The molecule has 2 aliphatic rings. The second-order valence-corrected chi connectivity index (χ2v) is 7.74. The summed E-state index contributed by atoms with van der Waals surface area (Å²) >= 11 is 0. The second kappa shape index (κ2) is 7.39. The minimum absolute atomic E-state index is 0.0101. The first kappa shape index (κ1) is 18.7. The number of aryl methyl sites for hydroxylation is 1. The summed E-state index contributed by atoms with van der Waals surface area (Å²) in [6, 6.07) is 9.68. The van der Waals surface area contributed by atoms with Crippen LogP contribution >= 0.6 is 0 Å². The molecule has 0 N–H and O–H groups in total. The third kappa shape index (κ3) is 3.30. The molecule has 0 aliphatic carbocycles. The number of hydrogen-bond donors (Lipinski definition) is 0. The molecule has 0 radical (unpaired) electrons. The van der Waals surface area contributed by atoms with E-state index < -0.39 is 0 Å². The van der Waals surface area contributed by atoms with Crippen LogP contribution in [0.2, 0.25) is 0 Å². The first-order valence-corrected chi connectivity index (χ1v) is 9.78. The number of carbonyl (C=O) groups is 2. The molecule has 7 nitrogen and oxygen atoms in total. The summed E-state index contributed by atoms with van der Waals surface area (Å²) in [7, 11) is 0. The lowest BCUT2D eigenvalue weighted by atomic mass is 9.87. The average Bonchev–Trinajstić information content (AvgIpc) is 3.25. The van der Waals surface area contributed by atoms with Crippen molar-refractivity contribution in [2.45, 2.75) is 26.8 Å². The Morgan fingerprint density at radius 1 is 1.25 bits per heavy atom. The highest BCUT2D eigenvalue weighted by Crippen LogP contribution is 2.36. The van der Waals surface area contributed by atoms with E-state index in [1.54, 1.807) is 11.1 Å². The maximum atomic E-state index is 13.1. The van der Waals surface area contributed by atoms with Crippen LogP contribution in [0.4, 0.5) is 5.69 Å². The highest BCUT2D eigenvalue weighted by atomic mass is 16.5. The predicted molar refractivity (Wildman–Crippen MR) is 105 cm³/mol. The number of anilines is 1. The van der Waals surface area contributed by atoms with E-state index in [2.05, 4.69) is 5.10 Å². The molecule has 28 heavy (non-hydrogen) atoms. The maximum absolute atomic E-state index is 13.1. The molecule has 4 rings (SSSR count). The zero-order valence-electron chi connectivity index (χ0n) is 16.4. The summed E-state index contributed by atoms with van der Waals surface area (Å²) in [4.78, 5) is 29.3. The van der Waals surface area contributed by atoms with Crippen molar-refractivity contribution in [1.82, 2.24) is 14.7 Å². The van der Waals surface area contributed by atoms with Gasteiger partial charge >= 0.3 is 0 Å². The van der Waals surface area contributed by atoms with E-state index >= 15 is 0 Å².